The highest BCUT2D eigenvalue weighted by Crippen LogP contribution is 2.36. The van der Waals surface area contributed by atoms with Crippen LogP contribution in [-0.4, -0.2) is 57.6 Å². The van der Waals surface area contributed by atoms with Crippen LogP contribution in [-0.2, 0) is 23.6 Å². The lowest BCUT2D eigenvalue weighted by atomic mass is 10.0. The summed E-state index contributed by atoms with van der Waals surface area (Å²) in [5.74, 6) is 0. The Morgan fingerprint density at radius 3 is 1.78 bits per heavy atom. The minimum atomic E-state index is -5.10. The highest BCUT2D eigenvalue weighted by atomic mass is 19.4. The summed E-state index contributed by atoms with van der Waals surface area (Å²) in [7, 11) is 0. The van der Waals surface area contributed by atoms with Crippen LogP contribution in [0.2, 0.25) is 0 Å². The van der Waals surface area contributed by atoms with Gasteiger partial charge in [0.25, 0.3) is 0 Å². The third kappa shape index (κ3) is 11.9. The summed E-state index contributed by atoms with van der Waals surface area (Å²) in [4.78, 5) is 35.7. The van der Waals surface area contributed by atoms with Crippen molar-refractivity contribution in [3.05, 3.63) is 34.9 Å². The molecule has 0 aliphatic rings. The van der Waals surface area contributed by atoms with Crippen LogP contribution in [0.1, 0.15) is 57.2 Å². The molecule has 1 unspecified atom stereocenters. The molecule has 0 bridgehead atoms. The van der Waals surface area contributed by atoms with E-state index in [9.17, 15) is 40.7 Å². The van der Waals surface area contributed by atoms with Gasteiger partial charge < -0.3 is 30.5 Å². The molecule has 0 aliphatic carbocycles. The Morgan fingerprint density at radius 1 is 0.892 bits per heavy atom. The van der Waals surface area contributed by atoms with Gasteiger partial charge in [0.15, 0.2) is 0 Å². The van der Waals surface area contributed by atoms with E-state index >= 15 is 0 Å². The van der Waals surface area contributed by atoms with Crippen molar-refractivity contribution in [2.75, 3.05) is 6.54 Å². The average molecular weight is 545 g/mol. The second kappa shape index (κ2) is 12.2. The fourth-order valence-electron chi connectivity index (χ4n) is 3.25. The van der Waals surface area contributed by atoms with E-state index in [2.05, 4.69) is 10.6 Å². The Bertz CT molecular complexity index is 929. The highest BCUT2D eigenvalue weighted by molar-refractivity contribution is 5.69. The molecule has 37 heavy (non-hydrogen) atoms. The summed E-state index contributed by atoms with van der Waals surface area (Å²) in [6.45, 7) is 4.71. The normalized spacial score (nSPS) is 13.9. The molecule has 1 rings (SSSR count). The Morgan fingerprint density at radius 2 is 1.38 bits per heavy atom. The summed E-state index contributed by atoms with van der Waals surface area (Å²) in [5.41, 5.74) is -4.75. The topological polar surface area (TPSA) is 128 Å². The van der Waals surface area contributed by atoms with Gasteiger partial charge in [0.1, 0.15) is 5.60 Å². The molecule has 3 amide bonds. The summed E-state index contributed by atoms with van der Waals surface area (Å²) >= 11 is 0. The molecule has 4 N–H and O–H groups in total. The Labute approximate surface area is 208 Å². The molecule has 1 aromatic carbocycles. The number of carbonyl (C=O) groups excluding carboxylic acids is 1. The molecule has 0 radical (unpaired) electrons. The first-order valence-corrected chi connectivity index (χ1v) is 10.9. The molecule has 0 aromatic heterocycles. The zero-order chi connectivity index (χ0) is 28.8. The van der Waals surface area contributed by atoms with Crippen molar-refractivity contribution in [1.29, 1.82) is 0 Å². The van der Waals surface area contributed by atoms with Gasteiger partial charge in [-0.2, -0.15) is 26.3 Å². The van der Waals surface area contributed by atoms with Crippen molar-refractivity contribution in [2.24, 2.45) is 0 Å². The van der Waals surface area contributed by atoms with Gasteiger partial charge >= 0.3 is 30.6 Å². The van der Waals surface area contributed by atoms with Gasteiger partial charge in [-0.1, -0.05) is 0 Å². The molecule has 0 fully saturated rings. The number of alkyl halides is 6. The van der Waals surface area contributed by atoms with Crippen LogP contribution in [0.5, 0.6) is 0 Å². The molecule has 2 atom stereocenters. The van der Waals surface area contributed by atoms with Crippen LogP contribution in [0.25, 0.3) is 0 Å². The number of ether oxygens (including phenoxy) is 1. The molecule has 0 heterocycles. The van der Waals surface area contributed by atoms with Crippen LogP contribution in [0, 0.1) is 0 Å². The van der Waals surface area contributed by atoms with Crippen molar-refractivity contribution in [3.8, 4) is 0 Å². The van der Waals surface area contributed by atoms with E-state index in [4.69, 9.17) is 14.9 Å². The van der Waals surface area contributed by atoms with Crippen molar-refractivity contribution in [1.82, 2.24) is 15.5 Å². The first-order chi connectivity index (χ1) is 16.7. The first kappa shape index (κ1) is 31.6. The lowest BCUT2D eigenvalue weighted by molar-refractivity contribution is -0.143. The molecular weight excluding hydrogens is 516 g/mol. The molecule has 1 aromatic rings. The Kier molecular flexibility index (Phi) is 10.5. The van der Waals surface area contributed by atoms with E-state index in [0.29, 0.717) is 12.1 Å². The maximum atomic E-state index is 13.3. The van der Waals surface area contributed by atoms with E-state index in [1.807, 2.05) is 0 Å². The highest BCUT2D eigenvalue weighted by Gasteiger charge is 2.37. The van der Waals surface area contributed by atoms with Crippen molar-refractivity contribution < 1.29 is 55.7 Å². The van der Waals surface area contributed by atoms with E-state index in [1.165, 1.54) is 27.7 Å². The number of hydrogen-bond donors (Lipinski definition) is 4. The molecule has 9 nitrogen and oxygen atoms in total. The molecule has 210 valence electrons. The standard InChI is InChI=1S/C22H29F6N3O6/c1-12(29-17(32)33)5-6-16(30-18(34)35)11-31(19(36)37-20(2,3)4)10-13-7-14(21(23,24)25)9-15(8-13)22(26,27)28/h7-9,12,16,29-30H,5-6,10-11H2,1-4H3,(H,32,33)(H,34,35)/t12?,16-/m0/s1. The van der Waals surface area contributed by atoms with Gasteiger partial charge in [-0.15, -0.1) is 0 Å². The summed E-state index contributed by atoms with van der Waals surface area (Å²) in [5, 5.41) is 22.3. The monoisotopic (exact) mass is 545 g/mol. The van der Waals surface area contributed by atoms with E-state index in [-0.39, 0.29) is 18.9 Å². The number of hydrogen-bond acceptors (Lipinski definition) is 4. The summed E-state index contributed by atoms with van der Waals surface area (Å²) < 4.78 is 84.9. The SMILES string of the molecule is CC(CC[C@@H](CN(Cc1cc(C(F)(F)F)cc(C(F)(F)F)c1)C(=O)OC(C)(C)C)NC(=O)O)NC(=O)O. The van der Waals surface area contributed by atoms with Crippen LogP contribution in [0.4, 0.5) is 40.7 Å². The quantitative estimate of drug-likeness (QED) is 0.302. The summed E-state index contributed by atoms with van der Waals surface area (Å²) in [6.07, 6.45) is -14.1. The molecule has 0 spiro atoms. The first-order valence-electron chi connectivity index (χ1n) is 10.9. The average Bonchev–Trinajstić information content (AvgIpc) is 2.67. The largest absolute Gasteiger partial charge is 0.465 e. The third-order valence-electron chi connectivity index (χ3n) is 4.76. The second-order valence-corrected chi connectivity index (χ2v) is 9.35. The third-order valence-corrected chi connectivity index (χ3v) is 4.76. The fourth-order valence-corrected chi connectivity index (χ4v) is 3.25. The number of rotatable bonds is 9. The van der Waals surface area contributed by atoms with Crippen molar-refractivity contribution >= 4 is 18.3 Å². The lowest BCUT2D eigenvalue weighted by Gasteiger charge is -2.31. The van der Waals surface area contributed by atoms with Crippen LogP contribution >= 0.6 is 0 Å². The lowest BCUT2D eigenvalue weighted by Crippen LogP contribution is -2.47. The predicted molar refractivity (Wildman–Crippen MR) is 118 cm³/mol. The van der Waals surface area contributed by atoms with Crippen molar-refractivity contribution in [2.45, 2.75) is 77.1 Å². The van der Waals surface area contributed by atoms with E-state index in [0.717, 1.165) is 4.90 Å². The van der Waals surface area contributed by atoms with Crippen LogP contribution in [0.3, 0.4) is 0 Å². The molecule has 15 heteroatoms. The number of halogens is 6. The number of benzene rings is 1. The number of carbonyl (C=O) groups is 3. The molecular formula is C22H29F6N3O6. The zero-order valence-electron chi connectivity index (χ0n) is 20.5. The van der Waals surface area contributed by atoms with E-state index < -0.39 is 78.1 Å². The van der Waals surface area contributed by atoms with Crippen LogP contribution in [0.15, 0.2) is 18.2 Å². The smallest absolute Gasteiger partial charge is 0.416 e. The van der Waals surface area contributed by atoms with Gasteiger partial charge in [-0.3, -0.25) is 0 Å². The van der Waals surface area contributed by atoms with Gasteiger partial charge in [0.2, 0.25) is 0 Å². The molecule has 0 saturated carbocycles. The minimum Gasteiger partial charge on any atom is -0.465 e. The van der Waals surface area contributed by atoms with Gasteiger partial charge in [-0.25, -0.2) is 14.4 Å². The van der Waals surface area contributed by atoms with Crippen molar-refractivity contribution in [3.63, 3.8) is 0 Å². The van der Waals surface area contributed by atoms with Gasteiger partial charge in [0.05, 0.1) is 11.1 Å². The zero-order valence-corrected chi connectivity index (χ0v) is 20.5. The predicted octanol–water partition coefficient (Wildman–Crippen LogP) is 5.53. The maximum absolute atomic E-state index is 13.3. The number of carboxylic acid groups (broad SMARTS) is 2. The minimum absolute atomic E-state index is 0.0244. The molecule has 0 saturated heterocycles. The summed E-state index contributed by atoms with van der Waals surface area (Å²) in [6, 6.07) is -0.803. The number of nitrogens with zero attached hydrogens (tertiary/aromatic N) is 1. The maximum Gasteiger partial charge on any atom is 0.416 e. The van der Waals surface area contributed by atoms with Gasteiger partial charge in [0, 0.05) is 25.2 Å². The van der Waals surface area contributed by atoms with E-state index in [1.54, 1.807) is 0 Å². The fraction of sp³-hybridized carbons (Fsp3) is 0.591. The number of nitrogens with one attached hydrogen (secondary N) is 2. The Hall–Kier alpha value is -3.39. The number of amides is 3. The van der Waals surface area contributed by atoms with Crippen LogP contribution < -0.4 is 10.6 Å². The molecule has 0 aliphatic heterocycles. The van der Waals surface area contributed by atoms with Gasteiger partial charge in [-0.05, 0) is 64.3 Å². The second-order valence-electron chi connectivity index (χ2n) is 9.35. The Balaban J connectivity index is 3.37.